The monoisotopic (exact) mass is 694 g/mol. The summed E-state index contributed by atoms with van der Waals surface area (Å²) in [5.74, 6) is -0.477. The number of hydrogen-bond donors (Lipinski definition) is 1. The van der Waals surface area contributed by atoms with Crippen LogP contribution in [0.25, 0.3) is 17.1 Å². The van der Waals surface area contributed by atoms with E-state index in [0.29, 0.717) is 28.2 Å². The second-order valence-electron chi connectivity index (χ2n) is 10.0. The minimum Gasteiger partial charge on any atom is -0.491 e. The number of thioether (sulfide) groups is 1. The van der Waals surface area contributed by atoms with Crippen LogP contribution in [0, 0.1) is 6.92 Å². The maximum Gasteiger partial charge on any atom is 0.573 e. The fraction of sp³-hybridized carbons (Fsp3) is 0.233. The van der Waals surface area contributed by atoms with Gasteiger partial charge >= 0.3 is 18.6 Å². The third-order valence-corrected chi connectivity index (χ3v) is 7.32. The van der Waals surface area contributed by atoms with Crippen LogP contribution in [0.1, 0.15) is 17.5 Å². The first kappa shape index (κ1) is 34.2. The van der Waals surface area contributed by atoms with Crippen LogP contribution in [0.15, 0.2) is 78.0 Å². The number of ether oxygens (including phenoxy) is 2. The molecule has 48 heavy (non-hydrogen) atoms. The maximum absolute atomic E-state index is 12.7. The van der Waals surface area contributed by atoms with Gasteiger partial charge in [0.2, 0.25) is 5.91 Å². The molecule has 4 aromatic rings. The van der Waals surface area contributed by atoms with E-state index in [1.807, 2.05) is 0 Å². The molecule has 0 unspecified atom stereocenters. The number of alkyl halides is 6. The normalized spacial score (nSPS) is 14.4. The zero-order chi connectivity index (χ0) is 34.5. The molecule has 1 N–H and O–H groups in total. The lowest BCUT2D eigenvalue weighted by Gasteiger charge is -2.20. The number of carbonyl (C=O) groups excluding carboxylic acids is 2. The number of anilines is 1. The Kier molecular flexibility index (Phi) is 10.2. The summed E-state index contributed by atoms with van der Waals surface area (Å²) in [6.45, 7) is 1.01. The van der Waals surface area contributed by atoms with Crippen molar-refractivity contribution in [3.63, 3.8) is 0 Å². The van der Waals surface area contributed by atoms with Crippen LogP contribution in [0.3, 0.4) is 0 Å². The highest BCUT2D eigenvalue weighted by molar-refractivity contribution is 8.15. The minimum atomic E-state index is -4.80. The van der Waals surface area contributed by atoms with E-state index in [1.54, 1.807) is 43.3 Å². The molecular formula is C30H24F6N6O5S. The number of hydrogen-bond acceptors (Lipinski definition) is 8. The van der Waals surface area contributed by atoms with Crippen molar-refractivity contribution in [3.8, 4) is 28.6 Å². The van der Waals surface area contributed by atoms with E-state index < -0.39 is 37.5 Å². The number of hydroxylamine groups is 1. The first-order chi connectivity index (χ1) is 22.7. The minimum absolute atomic E-state index is 0.00533. The highest BCUT2D eigenvalue weighted by Gasteiger charge is 2.34. The Morgan fingerprint density at radius 1 is 1.02 bits per heavy atom. The summed E-state index contributed by atoms with van der Waals surface area (Å²) in [6, 6.07) is 15.6. The van der Waals surface area contributed by atoms with Crippen molar-refractivity contribution < 1.29 is 50.2 Å². The van der Waals surface area contributed by atoms with Crippen molar-refractivity contribution >= 4 is 34.6 Å². The average molecular weight is 695 g/mol. The lowest BCUT2D eigenvalue weighted by atomic mass is 10.1. The van der Waals surface area contributed by atoms with Gasteiger partial charge in [0.25, 0.3) is 0 Å². The van der Waals surface area contributed by atoms with E-state index >= 15 is 0 Å². The van der Waals surface area contributed by atoms with Gasteiger partial charge in [0.1, 0.15) is 17.8 Å². The molecule has 18 heteroatoms. The Morgan fingerprint density at radius 2 is 1.75 bits per heavy atom. The first-order valence-corrected chi connectivity index (χ1v) is 14.9. The zero-order valence-corrected chi connectivity index (χ0v) is 25.5. The van der Waals surface area contributed by atoms with Crippen LogP contribution >= 0.6 is 11.8 Å². The van der Waals surface area contributed by atoms with E-state index in [-0.39, 0.29) is 34.7 Å². The number of rotatable bonds is 10. The predicted molar refractivity (Wildman–Crippen MR) is 162 cm³/mol. The Bertz CT molecular complexity index is 1800. The quantitative estimate of drug-likeness (QED) is 0.143. The number of halogens is 6. The topological polar surface area (TPSA) is 120 Å². The van der Waals surface area contributed by atoms with Crippen LogP contribution in [-0.4, -0.2) is 56.8 Å². The molecule has 3 amide bonds. The molecule has 1 aliphatic heterocycles. The van der Waals surface area contributed by atoms with Gasteiger partial charge in [0, 0.05) is 5.56 Å². The average Bonchev–Trinajstić information content (AvgIpc) is 3.64. The van der Waals surface area contributed by atoms with Crippen molar-refractivity contribution in [1.29, 1.82) is 0 Å². The molecule has 0 radical (unpaired) electrons. The van der Waals surface area contributed by atoms with Gasteiger partial charge in [-0.1, -0.05) is 42.1 Å². The van der Waals surface area contributed by atoms with E-state index in [4.69, 9.17) is 9.57 Å². The van der Waals surface area contributed by atoms with Crippen molar-refractivity contribution in [3.05, 3.63) is 84.2 Å². The number of aromatic nitrogens is 3. The fourth-order valence-corrected chi connectivity index (χ4v) is 5.10. The van der Waals surface area contributed by atoms with Crippen LogP contribution in [0.2, 0.25) is 0 Å². The summed E-state index contributed by atoms with van der Waals surface area (Å²) in [4.78, 5) is 39.8. The largest absolute Gasteiger partial charge is 0.573 e. The van der Waals surface area contributed by atoms with Gasteiger partial charge in [0.15, 0.2) is 11.0 Å². The Hall–Kier alpha value is -5.10. The van der Waals surface area contributed by atoms with Gasteiger partial charge in [-0.05, 0) is 54.4 Å². The molecule has 1 saturated heterocycles. The lowest BCUT2D eigenvalue weighted by molar-refractivity contribution is -0.274. The SMILES string of the molecule is Cc1ccc(OCCC(F)(F)F)c(N2C(=O)CSC2=NC(=O)NOCc2ccc(-c3ncn(-c4ccc(OC(F)(F)F)cc4)n3)cc2)c1. The van der Waals surface area contributed by atoms with Crippen molar-refractivity contribution in [2.24, 2.45) is 4.99 Å². The van der Waals surface area contributed by atoms with Gasteiger partial charge in [0.05, 0.1) is 36.8 Å². The molecule has 11 nitrogen and oxygen atoms in total. The van der Waals surface area contributed by atoms with Gasteiger partial charge in [-0.25, -0.2) is 19.9 Å². The maximum atomic E-state index is 12.7. The van der Waals surface area contributed by atoms with E-state index in [2.05, 4.69) is 25.3 Å². The van der Waals surface area contributed by atoms with Gasteiger partial charge in [-0.3, -0.25) is 14.5 Å². The molecule has 3 aromatic carbocycles. The summed E-state index contributed by atoms with van der Waals surface area (Å²) in [6.07, 6.45) is -8.99. The van der Waals surface area contributed by atoms with Crippen molar-refractivity contribution in [1.82, 2.24) is 20.2 Å². The Balaban J connectivity index is 1.17. The molecule has 252 valence electrons. The number of amidine groups is 1. The molecular weight excluding hydrogens is 670 g/mol. The predicted octanol–water partition coefficient (Wildman–Crippen LogP) is 6.75. The number of amides is 3. The summed E-state index contributed by atoms with van der Waals surface area (Å²) in [7, 11) is 0. The van der Waals surface area contributed by atoms with Crippen LogP contribution in [0.5, 0.6) is 11.5 Å². The van der Waals surface area contributed by atoms with E-state index in [9.17, 15) is 35.9 Å². The third-order valence-electron chi connectivity index (χ3n) is 6.40. The molecule has 0 spiro atoms. The molecule has 5 rings (SSSR count). The standard InChI is InChI=1S/C30H24F6N6O5S/c1-18-2-11-24(45-13-12-29(31,32)33)23(14-18)42-25(43)16-48-28(42)38-27(44)40-46-15-19-3-5-20(6-4-19)26-37-17-41(39-26)21-7-9-22(10-8-21)47-30(34,35)36/h2-11,14,17H,12-13,15-16H2,1H3,(H,40,44). The van der Waals surface area contributed by atoms with Gasteiger partial charge in [-0.2, -0.15) is 18.2 Å². The number of urea groups is 1. The summed E-state index contributed by atoms with van der Waals surface area (Å²) in [5, 5.41) is 4.34. The molecule has 0 aliphatic carbocycles. The molecule has 0 saturated carbocycles. The number of carbonyl (C=O) groups is 2. The number of benzene rings is 3. The Labute approximate surface area is 272 Å². The molecule has 2 heterocycles. The summed E-state index contributed by atoms with van der Waals surface area (Å²) < 4.78 is 85.7. The highest BCUT2D eigenvalue weighted by Crippen LogP contribution is 2.36. The van der Waals surface area contributed by atoms with Crippen LogP contribution in [-0.2, 0) is 16.2 Å². The molecule has 0 bridgehead atoms. The lowest BCUT2D eigenvalue weighted by Crippen LogP contribution is -2.32. The third kappa shape index (κ3) is 9.25. The smallest absolute Gasteiger partial charge is 0.491 e. The zero-order valence-electron chi connectivity index (χ0n) is 24.7. The first-order valence-electron chi connectivity index (χ1n) is 13.9. The molecule has 1 aromatic heterocycles. The highest BCUT2D eigenvalue weighted by atomic mass is 32.2. The van der Waals surface area contributed by atoms with Crippen LogP contribution < -0.4 is 19.9 Å². The summed E-state index contributed by atoms with van der Waals surface area (Å²) >= 11 is 0.971. The van der Waals surface area contributed by atoms with E-state index in [1.165, 1.54) is 29.2 Å². The van der Waals surface area contributed by atoms with Crippen molar-refractivity contribution in [2.45, 2.75) is 32.5 Å². The number of nitrogens with zero attached hydrogens (tertiary/aromatic N) is 5. The molecule has 1 fully saturated rings. The fourth-order valence-electron chi connectivity index (χ4n) is 4.24. The molecule has 0 atom stereocenters. The second-order valence-corrected chi connectivity index (χ2v) is 11.0. The second kappa shape index (κ2) is 14.3. The number of aryl methyl sites for hydroxylation is 1. The summed E-state index contributed by atoms with van der Waals surface area (Å²) in [5.41, 5.74) is 4.78. The van der Waals surface area contributed by atoms with Crippen LogP contribution in [0.4, 0.5) is 36.8 Å². The number of aliphatic imine (C=N–C) groups is 1. The van der Waals surface area contributed by atoms with Gasteiger partial charge < -0.3 is 9.47 Å². The number of nitrogens with one attached hydrogen (secondary N) is 1. The Morgan fingerprint density at radius 3 is 2.44 bits per heavy atom. The van der Waals surface area contributed by atoms with E-state index in [0.717, 1.165) is 28.8 Å². The van der Waals surface area contributed by atoms with Crippen molar-refractivity contribution in [2.75, 3.05) is 17.3 Å². The molecule has 1 aliphatic rings. The van der Waals surface area contributed by atoms with Gasteiger partial charge in [-0.15, -0.1) is 18.3 Å².